The second kappa shape index (κ2) is 2.62. The molecule has 0 aliphatic carbocycles. The van der Waals surface area contributed by atoms with E-state index < -0.39 is 0 Å². The number of imidazole rings is 1. The van der Waals surface area contributed by atoms with E-state index in [9.17, 15) is 0 Å². The Morgan fingerprint density at radius 2 is 2.42 bits per heavy atom. The van der Waals surface area contributed by atoms with Crippen molar-refractivity contribution in [2.45, 2.75) is 6.54 Å². The molecule has 0 spiro atoms. The molecule has 0 saturated heterocycles. The summed E-state index contributed by atoms with van der Waals surface area (Å²) in [4.78, 5) is 12.0. The number of hydrogen-bond acceptors (Lipinski definition) is 3. The van der Waals surface area contributed by atoms with Crippen LogP contribution in [0.15, 0.2) is 18.9 Å². The quantitative estimate of drug-likeness (QED) is 0.566. The van der Waals surface area contributed by atoms with Crippen LogP contribution in [0.5, 0.6) is 0 Å². The van der Waals surface area contributed by atoms with E-state index in [-0.39, 0.29) is 0 Å². The maximum absolute atomic E-state index is 5.17. The van der Waals surface area contributed by atoms with Gasteiger partial charge in [-0.05, 0) is 0 Å². The van der Waals surface area contributed by atoms with Crippen LogP contribution in [0, 0.1) is 12.3 Å². The number of terminal acetylenes is 1. The van der Waals surface area contributed by atoms with Crippen molar-refractivity contribution in [1.29, 1.82) is 0 Å². The molecule has 0 aromatic carbocycles. The van der Waals surface area contributed by atoms with Gasteiger partial charge >= 0.3 is 0 Å². The third kappa shape index (κ3) is 0.920. The first-order valence-electron chi connectivity index (χ1n) is 3.46. The van der Waals surface area contributed by atoms with E-state index in [0.29, 0.717) is 6.54 Å². The lowest BCUT2D eigenvalue weighted by Gasteiger charge is -1.94. The topological polar surface area (TPSA) is 43.6 Å². The van der Waals surface area contributed by atoms with Gasteiger partial charge in [-0.3, -0.25) is 0 Å². The van der Waals surface area contributed by atoms with Gasteiger partial charge in [0.25, 0.3) is 0 Å². The summed E-state index contributed by atoms with van der Waals surface area (Å²) in [5, 5.41) is 0. The van der Waals surface area contributed by atoms with E-state index in [0.717, 1.165) is 11.2 Å². The molecule has 0 unspecified atom stereocenters. The van der Waals surface area contributed by atoms with Crippen LogP contribution < -0.4 is 0 Å². The van der Waals surface area contributed by atoms with Gasteiger partial charge in [0.05, 0.1) is 19.1 Å². The summed E-state index contributed by atoms with van der Waals surface area (Å²) in [6.45, 7) is 0.494. The Balaban J connectivity index is 2.64. The van der Waals surface area contributed by atoms with E-state index in [2.05, 4.69) is 20.9 Å². The van der Waals surface area contributed by atoms with Crippen LogP contribution in [0.1, 0.15) is 0 Å². The molecule has 0 saturated carbocycles. The van der Waals surface area contributed by atoms with Gasteiger partial charge in [0.15, 0.2) is 5.65 Å². The van der Waals surface area contributed by atoms with Crippen LogP contribution in [-0.2, 0) is 6.54 Å². The number of fused-ring (bicyclic) bond motifs is 1. The fourth-order valence-corrected chi connectivity index (χ4v) is 1.03. The van der Waals surface area contributed by atoms with Crippen molar-refractivity contribution in [2.75, 3.05) is 0 Å². The Bertz CT molecular complexity index is 437. The van der Waals surface area contributed by atoms with Crippen molar-refractivity contribution in [3.05, 3.63) is 18.9 Å². The normalized spacial score (nSPS) is 9.92. The summed E-state index contributed by atoms with van der Waals surface area (Å²) >= 11 is 0. The molecule has 0 atom stereocenters. The standard InChI is InChI=1S/C8H6N4/c1-2-3-12-6-11-7-4-9-5-10-8(7)12/h1,4-6H,3H2. The molecule has 0 N–H and O–H groups in total. The molecule has 4 nitrogen and oxygen atoms in total. The Morgan fingerprint density at radius 3 is 3.25 bits per heavy atom. The van der Waals surface area contributed by atoms with Crippen molar-refractivity contribution in [3.8, 4) is 12.3 Å². The Kier molecular flexibility index (Phi) is 1.49. The molecule has 0 bridgehead atoms. The maximum Gasteiger partial charge on any atom is 0.164 e. The van der Waals surface area contributed by atoms with E-state index in [1.54, 1.807) is 17.1 Å². The third-order valence-corrected chi connectivity index (χ3v) is 1.54. The highest BCUT2D eigenvalue weighted by Crippen LogP contribution is 2.05. The van der Waals surface area contributed by atoms with Crippen molar-refractivity contribution in [3.63, 3.8) is 0 Å². The van der Waals surface area contributed by atoms with Crippen LogP contribution in [0.4, 0.5) is 0 Å². The molecule has 2 heterocycles. The molecule has 0 radical (unpaired) electrons. The van der Waals surface area contributed by atoms with Gasteiger partial charge in [-0.25, -0.2) is 15.0 Å². The second-order valence-corrected chi connectivity index (χ2v) is 2.31. The molecular weight excluding hydrogens is 152 g/mol. The van der Waals surface area contributed by atoms with E-state index >= 15 is 0 Å². The molecule has 2 aromatic rings. The van der Waals surface area contributed by atoms with Crippen molar-refractivity contribution in [2.24, 2.45) is 0 Å². The van der Waals surface area contributed by atoms with Crippen molar-refractivity contribution < 1.29 is 0 Å². The molecule has 12 heavy (non-hydrogen) atoms. The first kappa shape index (κ1) is 6.80. The number of rotatable bonds is 1. The predicted octanol–water partition coefficient (Wildman–Crippen LogP) is 0.459. The smallest absolute Gasteiger partial charge is 0.164 e. The average Bonchev–Trinajstić information content (AvgIpc) is 2.50. The fourth-order valence-electron chi connectivity index (χ4n) is 1.03. The molecule has 4 heteroatoms. The number of nitrogens with zero attached hydrogens (tertiary/aromatic N) is 4. The van der Waals surface area contributed by atoms with Crippen LogP contribution >= 0.6 is 0 Å². The molecule has 0 fully saturated rings. The lowest BCUT2D eigenvalue weighted by Crippen LogP contribution is -1.94. The molecule has 0 aliphatic heterocycles. The highest BCUT2D eigenvalue weighted by molar-refractivity contribution is 5.68. The summed E-state index contributed by atoms with van der Waals surface area (Å²) in [6, 6.07) is 0. The van der Waals surface area contributed by atoms with E-state index in [4.69, 9.17) is 6.42 Å². The summed E-state index contributed by atoms with van der Waals surface area (Å²) in [5.41, 5.74) is 1.55. The SMILES string of the molecule is C#CCn1cnc2cncnc21. The molecular formula is C8H6N4. The largest absolute Gasteiger partial charge is 0.303 e. The minimum Gasteiger partial charge on any atom is -0.303 e. The number of aromatic nitrogens is 4. The average molecular weight is 158 g/mol. The van der Waals surface area contributed by atoms with Crippen LogP contribution in [-0.4, -0.2) is 19.5 Å². The van der Waals surface area contributed by atoms with E-state index in [1.807, 2.05) is 0 Å². The van der Waals surface area contributed by atoms with Crippen molar-refractivity contribution >= 4 is 11.2 Å². The summed E-state index contributed by atoms with van der Waals surface area (Å²) in [5.74, 6) is 2.52. The molecule has 0 aliphatic rings. The van der Waals surface area contributed by atoms with Crippen LogP contribution in [0.3, 0.4) is 0 Å². The summed E-state index contributed by atoms with van der Waals surface area (Å²) in [7, 11) is 0. The first-order valence-corrected chi connectivity index (χ1v) is 3.46. The third-order valence-electron chi connectivity index (χ3n) is 1.54. The molecule has 58 valence electrons. The van der Waals surface area contributed by atoms with Gasteiger partial charge in [0.1, 0.15) is 11.8 Å². The highest BCUT2D eigenvalue weighted by atomic mass is 15.1. The van der Waals surface area contributed by atoms with Gasteiger partial charge < -0.3 is 4.57 Å². The predicted molar refractivity (Wildman–Crippen MR) is 44.2 cm³/mol. The molecule has 2 rings (SSSR count). The van der Waals surface area contributed by atoms with Gasteiger partial charge in [-0.1, -0.05) is 5.92 Å². The zero-order valence-corrected chi connectivity index (χ0v) is 6.31. The zero-order valence-electron chi connectivity index (χ0n) is 6.31. The minimum atomic E-state index is 0.494. The highest BCUT2D eigenvalue weighted by Gasteiger charge is 2.00. The maximum atomic E-state index is 5.17. The molecule has 2 aromatic heterocycles. The summed E-state index contributed by atoms with van der Waals surface area (Å²) in [6.07, 6.45) is 9.98. The van der Waals surface area contributed by atoms with Gasteiger partial charge in [-0.15, -0.1) is 6.42 Å². The number of hydrogen-bond donors (Lipinski definition) is 0. The van der Waals surface area contributed by atoms with Crippen LogP contribution in [0.2, 0.25) is 0 Å². The lowest BCUT2D eigenvalue weighted by atomic mass is 10.5. The minimum absolute atomic E-state index is 0.494. The van der Waals surface area contributed by atoms with Gasteiger partial charge in [0.2, 0.25) is 0 Å². The van der Waals surface area contributed by atoms with Gasteiger partial charge in [-0.2, -0.15) is 0 Å². The molecule has 0 amide bonds. The van der Waals surface area contributed by atoms with Crippen LogP contribution in [0.25, 0.3) is 11.2 Å². The monoisotopic (exact) mass is 158 g/mol. The Labute approximate surface area is 69.3 Å². The van der Waals surface area contributed by atoms with Crippen molar-refractivity contribution in [1.82, 2.24) is 19.5 Å². The zero-order chi connectivity index (χ0) is 8.39. The lowest BCUT2D eigenvalue weighted by molar-refractivity contribution is 0.856. The first-order chi connectivity index (χ1) is 5.92. The summed E-state index contributed by atoms with van der Waals surface area (Å²) < 4.78 is 1.80. The fraction of sp³-hybridized carbons (Fsp3) is 0.125. The van der Waals surface area contributed by atoms with Gasteiger partial charge in [0, 0.05) is 0 Å². The Morgan fingerprint density at radius 1 is 1.50 bits per heavy atom. The van der Waals surface area contributed by atoms with E-state index in [1.165, 1.54) is 6.33 Å². The Hall–Kier alpha value is -1.89. The second-order valence-electron chi connectivity index (χ2n) is 2.31.